The molecule has 0 N–H and O–H groups in total. The summed E-state index contributed by atoms with van der Waals surface area (Å²) in [6.07, 6.45) is 1.14. The van der Waals surface area contributed by atoms with Gasteiger partial charge in [0.05, 0.1) is 21.5 Å². The highest BCUT2D eigenvalue weighted by atomic mass is 35.5. The third-order valence-corrected chi connectivity index (χ3v) is 4.18. The molecule has 0 aliphatic heterocycles. The van der Waals surface area contributed by atoms with Gasteiger partial charge in [-0.05, 0) is 24.3 Å². The molecule has 0 aliphatic rings. The van der Waals surface area contributed by atoms with Crippen molar-refractivity contribution in [2.24, 2.45) is 0 Å². The number of hydrogen-bond donors (Lipinski definition) is 0. The summed E-state index contributed by atoms with van der Waals surface area (Å²) in [6.45, 7) is 0. The fourth-order valence-corrected chi connectivity index (χ4v) is 2.60. The smallest absolute Gasteiger partial charge is 0.219 e. The quantitative estimate of drug-likeness (QED) is 0.802. The minimum Gasteiger partial charge on any atom is -0.439 e. The summed E-state index contributed by atoms with van der Waals surface area (Å²) >= 11 is 11.6. The largest absolute Gasteiger partial charge is 0.439 e. The summed E-state index contributed by atoms with van der Waals surface area (Å²) in [4.78, 5) is 4.32. The van der Waals surface area contributed by atoms with Crippen molar-refractivity contribution in [2.75, 3.05) is 6.26 Å². The van der Waals surface area contributed by atoms with E-state index in [4.69, 9.17) is 27.9 Å². The molecule has 0 saturated carbocycles. The van der Waals surface area contributed by atoms with Crippen LogP contribution in [0.1, 0.15) is 5.69 Å². The van der Waals surface area contributed by atoms with Crippen molar-refractivity contribution in [1.29, 1.82) is 0 Å². The summed E-state index contributed by atoms with van der Waals surface area (Å²) in [5.41, 5.74) is 0.505. The van der Waals surface area contributed by atoms with E-state index in [2.05, 4.69) is 4.98 Å². The van der Waals surface area contributed by atoms with Gasteiger partial charge in [-0.25, -0.2) is 13.4 Å². The molecule has 7 heteroatoms. The number of benzene rings is 1. The highest BCUT2D eigenvalue weighted by molar-refractivity contribution is 7.90. The molecular formula is C13H11Cl2NO3S. The maximum absolute atomic E-state index is 11.5. The van der Waals surface area contributed by atoms with E-state index in [-0.39, 0.29) is 10.8 Å². The van der Waals surface area contributed by atoms with Gasteiger partial charge in [-0.15, -0.1) is 11.6 Å². The SMILES string of the molecule is CS(=O)(=O)c1cccc(Oc2ccc(Cl)c(CCl)n2)c1. The van der Waals surface area contributed by atoms with Crippen molar-refractivity contribution < 1.29 is 13.2 Å². The zero-order chi connectivity index (χ0) is 14.8. The Morgan fingerprint density at radius 1 is 1.25 bits per heavy atom. The van der Waals surface area contributed by atoms with Crippen LogP contribution in [0.2, 0.25) is 5.02 Å². The lowest BCUT2D eigenvalue weighted by Gasteiger charge is -2.08. The molecule has 0 spiro atoms. The predicted molar refractivity (Wildman–Crippen MR) is 78.4 cm³/mol. The lowest BCUT2D eigenvalue weighted by molar-refractivity contribution is 0.460. The summed E-state index contributed by atoms with van der Waals surface area (Å²) in [7, 11) is -3.28. The van der Waals surface area contributed by atoms with Crippen LogP contribution in [-0.2, 0) is 15.7 Å². The number of aromatic nitrogens is 1. The molecule has 0 amide bonds. The maximum Gasteiger partial charge on any atom is 0.219 e. The first-order chi connectivity index (χ1) is 9.40. The Bertz CT molecular complexity index is 732. The van der Waals surface area contributed by atoms with Crippen molar-refractivity contribution in [2.45, 2.75) is 10.8 Å². The average Bonchev–Trinajstić information content (AvgIpc) is 2.40. The first kappa shape index (κ1) is 15.1. The van der Waals surface area contributed by atoms with Crippen LogP contribution in [0.3, 0.4) is 0 Å². The van der Waals surface area contributed by atoms with Gasteiger partial charge in [0.2, 0.25) is 5.88 Å². The van der Waals surface area contributed by atoms with Gasteiger partial charge in [0.15, 0.2) is 9.84 Å². The monoisotopic (exact) mass is 331 g/mol. The second-order valence-corrected chi connectivity index (χ2v) is 6.75. The molecule has 0 saturated heterocycles. The van der Waals surface area contributed by atoms with E-state index in [1.807, 2.05) is 0 Å². The number of rotatable bonds is 4. The molecule has 0 atom stereocenters. The summed E-state index contributed by atoms with van der Waals surface area (Å²) in [5.74, 6) is 0.846. The number of hydrogen-bond acceptors (Lipinski definition) is 4. The van der Waals surface area contributed by atoms with Crippen LogP contribution in [0.15, 0.2) is 41.3 Å². The van der Waals surface area contributed by atoms with Gasteiger partial charge in [0.25, 0.3) is 0 Å². The van der Waals surface area contributed by atoms with Crippen LogP contribution in [0.4, 0.5) is 0 Å². The summed E-state index contributed by atoms with van der Waals surface area (Å²) < 4.78 is 28.5. The van der Waals surface area contributed by atoms with E-state index in [1.54, 1.807) is 24.3 Å². The fraction of sp³-hybridized carbons (Fsp3) is 0.154. The normalized spacial score (nSPS) is 11.3. The van der Waals surface area contributed by atoms with Crippen LogP contribution in [-0.4, -0.2) is 19.7 Å². The van der Waals surface area contributed by atoms with Crippen LogP contribution < -0.4 is 4.74 Å². The first-order valence-electron chi connectivity index (χ1n) is 5.59. The number of nitrogens with zero attached hydrogens (tertiary/aromatic N) is 1. The van der Waals surface area contributed by atoms with E-state index in [0.717, 1.165) is 6.26 Å². The molecular weight excluding hydrogens is 321 g/mol. The Morgan fingerprint density at radius 3 is 2.65 bits per heavy atom. The molecule has 1 aromatic heterocycles. The minimum absolute atomic E-state index is 0.166. The van der Waals surface area contributed by atoms with Crippen molar-refractivity contribution in [1.82, 2.24) is 4.98 Å². The number of alkyl halides is 1. The molecule has 0 aliphatic carbocycles. The molecule has 1 aromatic carbocycles. The van der Waals surface area contributed by atoms with Crippen molar-refractivity contribution in [3.63, 3.8) is 0 Å². The number of sulfone groups is 1. The van der Waals surface area contributed by atoms with E-state index < -0.39 is 9.84 Å². The molecule has 2 rings (SSSR count). The van der Waals surface area contributed by atoms with Gasteiger partial charge in [-0.2, -0.15) is 0 Å². The first-order valence-corrected chi connectivity index (χ1v) is 8.40. The van der Waals surface area contributed by atoms with Crippen LogP contribution in [0, 0.1) is 0 Å². The molecule has 4 nitrogen and oxygen atoms in total. The highest BCUT2D eigenvalue weighted by Gasteiger charge is 2.09. The minimum atomic E-state index is -3.28. The lowest BCUT2D eigenvalue weighted by Crippen LogP contribution is -1.98. The van der Waals surface area contributed by atoms with Crippen molar-refractivity contribution >= 4 is 33.0 Å². The lowest BCUT2D eigenvalue weighted by atomic mass is 10.3. The highest BCUT2D eigenvalue weighted by Crippen LogP contribution is 2.25. The second kappa shape index (κ2) is 5.99. The van der Waals surface area contributed by atoms with Crippen molar-refractivity contribution in [3.8, 4) is 11.6 Å². The van der Waals surface area contributed by atoms with E-state index in [0.29, 0.717) is 22.3 Å². The zero-order valence-corrected chi connectivity index (χ0v) is 12.8. The third kappa shape index (κ3) is 3.62. The van der Waals surface area contributed by atoms with Crippen LogP contribution in [0.5, 0.6) is 11.6 Å². The Balaban J connectivity index is 2.31. The summed E-state index contributed by atoms with van der Waals surface area (Å²) in [5, 5.41) is 0.456. The molecule has 0 unspecified atom stereocenters. The number of halogens is 2. The molecule has 0 radical (unpaired) electrons. The van der Waals surface area contributed by atoms with E-state index in [9.17, 15) is 8.42 Å². The fourth-order valence-electron chi connectivity index (χ4n) is 1.50. The molecule has 20 heavy (non-hydrogen) atoms. The van der Waals surface area contributed by atoms with Gasteiger partial charge < -0.3 is 4.74 Å². The van der Waals surface area contributed by atoms with Gasteiger partial charge in [0, 0.05) is 12.3 Å². The Hall–Kier alpha value is -1.30. The van der Waals surface area contributed by atoms with Gasteiger partial charge in [-0.3, -0.25) is 0 Å². The topological polar surface area (TPSA) is 56.3 Å². The zero-order valence-electron chi connectivity index (χ0n) is 10.5. The second-order valence-electron chi connectivity index (χ2n) is 4.06. The van der Waals surface area contributed by atoms with E-state index in [1.165, 1.54) is 12.1 Å². The Kier molecular flexibility index (Phi) is 4.52. The maximum atomic E-state index is 11.5. The van der Waals surface area contributed by atoms with E-state index >= 15 is 0 Å². The molecule has 106 valence electrons. The molecule has 2 aromatic rings. The Morgan fingerprint density at radius 2 is 2.00 bits per heavy atom. The van der Waals surface area contributed by atoms with Crippen LogP contribution in [0.25, 0.3) is 0 Å². The van der Waals surface area contributed by atoms with Crippen LogP contribution >= 0.6 is 23.2 Å². The standard InChI is InChI=1S/C13H11Cl2NO3S/c1-20(17,18)10-4-2-3-9(7-10)19-13-6-5-11(15)12(8-14)16-13/h2-7H,8H2,1H3. The Labute approximate surface area is 127 Å². The molecule has 0 bridgehead atoms. The van der Waals surface area contributed by atoms with Gasteiger partial charge in [0.1, 0.15) is 5.75 Å². The van der Waals surface area contributed by atoms with Gasteiger partial charge >= 0.3 is 0 Å². The number of pyridine rings is 1. The molecule has 1 heterocycles. The molecule has 0 fully saturated rings. The number of ether oxygens (including phenoxy) is 1. The third-order valence-electron chi connectivity index (χ3n) is 2.48. The van der Waals surface area contributed by atoms with Crippen molar-refractivity contribution in [3.05, 3.63) is 47.1 Å². The average molecular weight is 332 g/mol. The summed E-state index contributed by atoms with van der Waals surface area (Å²) in [6, 6.07) is 9.40. The van der Waals surface area contributed by atoms with Gasteiger partial charge in [-0.1, -0.05) is 17.7 Å². The predicted octanol–water partition coefficient (Wildman–Crippen LogP) is 3.67.